The van der Waals surface area contributed by atoms with Crippen molar-refractivity contribution in [3.05, 3.63) is 66.7 Å². The third-order valence-electron chi connectivity index (χ3n) is 5.30. The minimum absolute atomic E-state index is 0.00904. The molecule has 7 heteroatoms. The Balaban J connectivity index is 1.39. The molecule has 160 valence electrons. The first-order chi connectivity index (χ1) is 15.1. The molecule has 1 aromatic heterocycles. The van der Waals surface area contributed by atoms with Crippen LogP contribution in [0.4, 0.5) is 16.0 Å². The minimum atomic E-state index is -0.293. The summed E-state index contributed by atoms with van der Waals surface area (Å²) in [6, 6.07) is 13.7. The number of halogens is 1. The second kappa shape index (κ2) is 9.55. The van der Waals surface area contributed by atoms with Gasteiger partial charge in [0, 0.05) is 36.7 Å². The van der Waals surface area contributed by atoms with Gasteiger partial charge in [-0.15, -0.1) is 0 Å². The van der Waals surface area contributed by atoms with Crippen LogP contribution in [0.5, 0.6) is 5.75 Å². The van der Waals surface area contributed by atoms with Gasteiger partial charge in [0.1, 0.15) is 11.6 Å². The van der Waals surface area contributed by atoms with Crippen molar-refractivity contribution in [2.45, 2.75) is 19.8 Å². The predicted molar refractivity (Wildman–Crippen MR) is 119 cm³/mol. The molecule has 1 aliphatic rings. The zero-order valence-corrected chi connectivity index (χ0v) is 17.4. The predicted octanol–water partition coefficient (Wildman–Crippen LogP) is 4.54. The molecule has 1 atom stereocenters. The SMILES string of the molecule is CCOc1ccc(NC(=O)[C@@H]2CCCN(c3ncc(-c4cccc(F)c4)cn3)C2)cc1. The van der Waals surface area contributed by atoms with Crippen LogP contribution in [0, 0.1) is 11.7 Å². The number of ether oxygens (including phenoxy) is 1. The molecule has 0 aliphatic carbocycles. The van der Waals surface area contributed by atoms with E-state index in [9.17, 15) is 9.18 Å². The standard InChI is InChI=1S/C24H25FN4O2/c1-2-31-22-10-8-21(9-11-22)28-23(30)18-6-4-12-29(16-18)24-26-14-19(15-27-24)17-5-3-7-20(25)13-17/h3,5,7-11,13-15,18H,2,4,6,12,16H2,1H3,(H,28,30)/t18-/m1/s1. The highest BCUT2D eigenvalue weighted by Gasteiger charge is 2.27. The van der Waals surface area contributed by atoms with Crippen molar-refractivity contribution in [1.82, 2.24) is 9.97 Å². The average Bonchev–Trinajstić information content (AvgIpc) is 2.81. The van der Waals surface area contributed by atoms with Gasteiger partial charge < -0.3 is 15.0 Å². The fourth-order valence-electron chi connectivity index (χ4n) is 3.72. The van der Waals surface area contributed by atoms with Crippen LogP contribution in [-0.4, -0.2) is 35.6 Å². The zero-order chi connectivity index (χ0) is 21.6. The highest BCUT2D eigenvalue weighted by molar-refractivity contribution is 5.93. The van der Waals surface area contributed by atoms with Crippen molar-refractivity contribution in [2.24, 2.45) is 5.92 Å². The molecule has 0 bridgehead atoms. The van der Waals surface area contributed by atoms with E-state index in [0.717, 1.165) is 42.0 Å². The molecule has 0 spiro atoms. The number of nitrogens with one attached hydrogen (secondary N) is 1. The number of carbonyl (C=O) groups is 1. The van der Waals surface area contributed by atoms with Crippen LogP contribution in [-0.2, 0) is 4.79 Å². The van der Waals surface area contributed by atoms with Gasteiger partial charge in [0.2, 0.25) is 11.9 Å². The van der Waals surface area contributed by atoms with Crippen LogP contribution < -0.4 is 15.0 Å². The number of hydrogen-bond donors (Lipinski definition) is 1. The summed E-state index contributed by atoms with van der Waals surface area (Å²) in [6.07, 6.45) is 5.10. The molecule has 1 aliphatic heterocycles. The third kappa shape index (κ3) is 5.17. The lowest BCUT2D eigenvalue weighted by atomic mass is 9.97. The molecule has 2 heterocycles. The Morgan fingerprint density at radius 3 is 2.65 bits per heavy atom. The van der Waals surface area contributed by atoms with E-state index in [4.69, 9.17) is 4.74 Å². The van der Waals surface area contributed by atoms with Crippen LogP contribution in [0.25, 0.3) is 11.1 Å². The molecule has 3 aromatic rings. The molecule has 31 heavy (non-hydrogen) atoms. The molecule has 4 rings (SSSR count). The number of hydrogen-bond acceptors (Lipinski definition) is 5. The Labute approximate surface area is 181 Å². The number of anilines is 2. The van der Waals surface area contributed by atoms with Crippen molar-refractivity contribution in [3.63, 3.8) is 0 Å². The summed E-state index contributed by atoms with van der Waals surface area (Å²) in [5.74, 6) is 0.915. The maximum atomic E-state index is 13.5. The van der Waals surface area contributed by atoms with Crippen molar-refractivity contribution in [1.29, 1.82) is 0 Å². The molecule has 0 saturated carbocycles. The van der Waals surface area contributed by atoms with Gasteiger partial charge >= 0.3 is 0 Å². The van der Waals surface area contributed by atoms with Gasteiger partial charge in [-0.1, -0.05) is 12.1 Å². The zero-order valence-electron chi connectivity index (χ0n) is 17.4. The Morgan fingerprint density at radius 2 is 1.94 bits per heavy atom. The van der Waals surface area contributed by atoms with E-state index < -0.39 is 0 Å². The van der Waals surface area contributed by atoms with Crippen LogP contribution in [0.2, 0.25) is 0 Å². The first-order valence-electron chi connectivity index (χ1n) is 10.5. The average molecular weight is 420 g/mol. The maximum Gasteiger partial charge on any atom is 0.229 e. The number of nitrogens with zero attached hydrogens (tertiary/aromatic N) is 3. The summed E-state index contributed by atoms with van der Waals surface area (Å²) in [6.45, 7) is 3.90. The van der Waals surface area contributed by atoms with Gasteiger partial charge in [0.25, 0.3) is 0 Å². The quantitative estimate of drug-likeness (QED) is 0.634. The number of aromatic nitrogens is 2. The van der Waals surface area contributed by atoms with Gasteiger partial charge in [-0.25, -0.2) is 14.4 Å². The van der Waals surface area contributed by atoms with E-state index in [2.05, 4.69) is 15.3 Å². The number of benzene rings is 2. The summed E-state index contributed by atoms with van der Waals surface area (Å²) in [7, 11) is 0. The van der Waals surface area contributed by atoms with Gasteiger partial charge in [-0.3, -0.25) is 4.79 Å². The van der Waals surface area contributed by atoms with Crippen LogP contribution in [0.1, 0.15) is 19.8 Å². The Kier molecular flexibility index (Phi) is 6.40. The topological polar surface area (TPSA) is 67.3 Å². The Hall–Kier alpha value is -3.48. The lowest BCUT2D eigenvalue weighted by molar-refractivity contribution is -0.120. The van der Waals surface area contributed by atoms with Crippen LogP contribution in [0.3, 0.4) is 0 Å². The van der Waals surface area contributed by atoms with E-state index in [0.29, 0.717) is 19.1 Å². The molecule has 0 radical (unpaired) electrons. The molecule has 0 unspecified atom stereocenters. The second-order valence-corrected chi connectivity index (χ2v) is 7.51. The summed E-state index contributed by atoms with van der Waals surface area (Å²) >= 11 is 0. The van der Waals surface area contributed by atoms with Crippen LogP contribution in [0.15, 0.2) is 60.9 Å². The highest BCUT2D eigenvalue weighted by Crippen LogP contribution is 2.24. The van der Waals surface area contributed by atoms with E-state index in [1.807, 2.05) is 42.2 Å². The molecular weight excluding hydrogens is 395 g/mol. The van der Waals surface area contributed by atoms with E-state index in [-0.39, 0.29) is 17.6 Å². The van der Waals surface area contributed by atoms with Crippen molar-refractivity contribution in [3.8, 4) is 16.9 Å². The number of carbonyl (C=O) groups excluding carboxylic acids is 1. The molecule has 1 amide bonds. The number of rotatable bonds is 6. The summed E-state index contributed by atoms with van der Waals surface area (Å²) in [5, 5.41) is 2.99. The summed E-state index contributed by atoms with van der Waals surface area (Å²) in [5.41, 5.74) is 2.24. The van der Waals surface area contributed by atoms with E-state index in [1.54, 1.807) is 18.5 Å². The molecule has 6 nitrogen and oxygen atoms in total. The monoisotopic (exact) mass is 420 g/mol. The molecule has 2 aromatic carbocycles. The molecular formula is C24H25FN4O2. The van der Waals surface area contributed by atoms with E-state index >= 15 is 0 Å². The molecule has 1 saturated heterocycles. The lowest BCUT2D eigenvalue weighted by Gasteiger charge is -2.32. The first-order valence-corrected chi connectivity index (χ1v) is 10.5. The number of amides is 1. The van der Waals surface area contributed by atoms with Crippen LogP contribution >= 0.6 is 0 Å². The van der Waals surface area contributed by atoms with E-state index in [1.165, 1.54) is 12.1 Å². The van der Waals surface area contributed by atoms with Crippen molar-refractivity contribution >= 4 is 17.5 Å². The Bertz CT molecular complexity index is 1020. The minimum Gasteiger partial charge on any atom is -0.494 e. The first kappa shape index (κ1) is 20.8. The lowest BCUT2D eigenvalue weighted by Crippen LogP contribution is -2.41. The maximum absolute atomic E-state index is 13.5. The fourth-order valence-corrected chi connectivity index (χ4v) is 3.72. The number of piperidine rings is 1. The second-order valence-electron chi connectivity index (χ2n) is 7.51. The summed E-state index contributed by atoms with van der Waals surface area (Å²) in [4.78, 5) is 23.7. The smallest absolute Gasteiger partial charge is 0.229 e. The van der Waals surface area contributed by atoms with Crippen molar-refractivity contribution in [2.75, 3.05) is 29.9 Å². The largest absolute Gasteiger partial charge is 0.494 e. The normalized spacial score (nSPS) is 16.1. The van der Waals surface area contributed by atoms with Gasteiger partial charge in [-0.2, -0.15) is 0 Å². The summed E-state index contributed by atoms with van der Waals surface area (Å²) < 4.78 is 18.9. The third-order valence-corrected chi connectivity index (χ3v) is 5.30. The van der Waals surface area contributed by atoms with Gasteiger partial charge in [0.15, 0.2) is 0 Å². The fraction of sp³-hybridized carbons (Fsp3) is 0.292. The highest BCUT2D eigenvalue weighted by atomic mass is 19.1. The van der Waals surface area contributed by atoms with Gasteiger partial charge in [0.05, 0.1) is 12.5 Å². The Morgan fingerprint density at radius 1 is 1.16 bits per heavy atom. The van der Waals surface area contributed by atoms with Gasteiger partial charge in [-0.05, 0) is 61.7 Å². The molecule has 1 N–H and O–H groups in total. The van der Waals surface area contributed by atoms with Crippen molar-refractivity contribution < 1.29 is 13.9 Å². The molecule has 1 fully saturated rings.